The van der Waals surface area contributed by atoms with E-state index in [1.54, 1.807) is 30.7 Å². The maximum absolute atomic E-state index is 13.7. The first kappa shape index (κ1) is 25.9. The molecule has 3 aromatic heterocycles. The molecule has 0 radical (unpaired) electrons. The summed E-state index contributed by atoms with van der Waals surface area (Å²) in [6.07, 6.45) is 6.94. The predicted octanol–water partition coefficient (Wildman–Crippen LogP) is 3.08. The van der Waals surface area contributed by atoms with Gasteiger partial charge in [0.2, 0.25) is 11.8 Å². The number of aromatic amines is 1. The number of carbonyl (C=O) groups excluding carboxylic acids is 1. The maximum atomic E-state index is 13.7. The predicted molar refractivity (Wildman–Crippen MR) is 158 cm³/mol. The molecule has 42 heavy (non-hydrogen) atoms. The van der Waals surface area contributed by atoms with Crippen molar-refractivity contribution in [2.75, 3.05) is 39.5 Å². The molecule has 0 saturated carbocycles. The molecule has 1 aromatic carbocycles. The lowest BCUT2D eigenvalue weighted by atomic mass is 9.79. The number of benzene rings is 1. The maximum Gasteiger partial charge on any atom is 0.240 e. The van der Waals surface area contributed by atoms with Gasteiger partial charge in [0.05, 0.1) is 42.0 Å². The van der Waals surface area contributed by atoms with Crippen LogP contribution < -0.4 is 10.1 Å². The van der Waals surface area contributed by atoms with Crippen LogP contribution in [0.25, 0.3) is 22.0 Å². The molecule has 2 aliphatic heterocycles. The number of hydrogen-bond acceptors (Lipinski definition) is 9. The fraction of sp³-hybridized carbons (Fsp3) is 0.226. The van der Waals surface area contributed by atoms with Crippen molar-refractivity contribution in [1.29, 1.82) is 5.41 Å². The number of amidine groups is 1. The average molecular weight is 561 g/mol. The van der Waals surface area contributed by atoms with Gasteiger partial charge in [0, 0.05) is 60.2 Å². The number of morpholine rings is 1. The van der Waals surface area contributed by atoms with Crippen LogP contribution in [-0.2, 0) is 9.53 Å². The van der Waals surface area contributed by atoms with Crippen LogP contribution >= 0.6 is 0 Å². The molecule has 210 valence electrons. The monoisotopic (exact) mass is 560 g/mol. The summed E-state index contributed by atoms with van der Waals surface area (Å²) in [6, 6.07) is 14.9. The van der Waals surface area contributed by atoms with Gasteiger partial charge in [-0.25, -0.2) is 9.98 Å². The van der Waals surface area contributed by atoms with Crippen molar-refractivity contribution in [2.24, 2.45) is 10.9 Å². The van der Waals surface area contributed by atoms with Gasteiger partial charge in [-0.1, -0.05) is 18.2 Å². The van der Waals surface area contributed by atoms with Crippen LogP contribution in [0.2, 0.25) is 0 Å². The van der Waals surface area contributed by atoms with Crippen molar-refractivity contribution in [1.82, 2.24) is 30.4 Å². The summed E-state index contributed by atoms with van der Waals surface area (Å²) < 4.78 is 11.5. The van der Waals surface area contributed by atoms with E-state index in [1.165, 1.54) is 0 Å². The number of pyridine rings is 2. The molecule has 3 N–H and O–H groups in total. The minimum Gasteiger partial charge on any atom is -0.476 e. The fourth-order valence-corrected chi connectivity index (χ4v) is 5.49. The van der Waals surface area contributed by atoms with Crippen molar-refractivity contribution >= 4 is 39.5 Å². The molecule has 1 aliphatic carbocycles. The zero-order valence-corrected chi connectivity index (χ0v) is 22.7. The van der Waals surface area contributed by atoms with Gasteiger partial charge in [-0.05, 0) is 35.9 Å². The van der Waals surface area contributed by atoms with Crippen molar-refractivity contribution in [3.8, 4) is 5.88 Å². The Bertz CT molecular complexity index is 1770. The van der Waals surface area contributed by atoms with Gasteiger partial charge in [0.25, 0.3) is 0 Å². The molecule has 0 spiro atoms. The number of hydrogen-bond donors (Lipinski definition) is 3. The summed E-state index contributed by atoms with van der Waals surface area (Å²) in [6.45, 7) is 4.51. The molecule has 5 heterocycles. The quantitative estimate of drug-likeness (QED) is 0.315. The van der Waals surface area contributed by atoms with E-state index in [-0.39, 0.29) is 11.6 Å². The van der Waals surface area contributed by atoms with Gasteiger partial charge in [-0.15, -0.1) is 0 Å². The lowest BCUT2D eigenvalue weighted by Gasteiger charge is -2.30. The van der Waals surface area contributed by atoms with Gasteiger partial charge >= 0.3 is 0 Å². The second-order valence-electron chi connectivity index (χ2n) is 10.2. The number of aromatic nitrogens is 4. The number of amides is 1. The van der Waals surface area contributed by atoms with Crippen LogP contribution in [0.15, 0.2) is 83.9 Å². The minimum atomic E-state index is -0.916. The Hall–Kier alpha value is -5.00. The molecule has 7 rings (SSSR count). The number of carbonyl (C=O) groups is 1. The first-order valence-corrected chi connectivity index (χ1v) is 13.8. The van der Waals surface area contributed by atoms with Crippen molar-refractivity contribution in [2.45, 2.75) is 0 Å². The molecule has 1 unspecified atom stereocenters. The molecule has 11 heteroatoms. The third-order valence-corrected chi connectivity index (χ3v) is 7.64. The first-order chi connectivity index (χ1) is 20.7. The van der Waals surface area contributed by atoms with E-state index in [2.05, 4.69) is 25.4 Å². The largest absolute Gasteiger partial charge is 0.476 e. The van der Waals surface area contributed by atoms with Crippen molar-refractivity contribution < 1.29 is 14.3 Å². The number of nitrogens with zero attached hydrogens (tertiary/aromatic N) is 5. The Morgan fingerprint density at radius 1 is 1.07 bits per heavy atom. The fourth-order valence-electron chi connectivity index (χ4n) is 5.49. The minimum absolute atomic E-state index is 0.162. The average Bonchev–Trinajstić information content (AvgIpc) is 3.52. The number of ether oxygens (including phenoxy) is 2. The second kappa shape index (κ2) is 11.1. The SMILES string of the molecule is N=C1C(c2cccc3[nH]ncc23)=CC(c2cccc(OCCN3CCOCC3)n2)=C2N=C(c3ccncc3)NC(=O)C12. The van der Waals surface area contributed by atoms with Gasteiger partial charge in [-0.3, -0.25) is 19.8 Å². The first-order valence-electron chi connectivity index (χ1n) is 13.8. The molecule has 1 atom stereocenters. The zero-order chi connectivity index (χ0) is 28.5. The molecule has 1 amide bonds. The van der Waals surface area contributed by atoms with Crippen LogP contribution in [0.1, 0.15) is 16.8 Å². The molecule has 11 nitrogen and oxygen atoms in total. The van der Waals surface area contributed by atoms with Gasteiger partial charge in [0.1, 0.15) is 18.4 Å². The lowest BCUT2D eigenvalue weighted by Crippen LogP contribution is -2.45. The van der Waals surface area contributed by atoms with Crippen molar-refractivity contribution in [3.63, 3.8) is 0 Å². The van der Waals surface area contributed by atoms with E-state index in [1.807, 2.05) is 42.5 Å². The summed E-state index contributed by atoms with van der Waals surface area (Å²) in [5, 5.41) is 20.1. The third kappa shape index (κ3) is 4.89. The topological polar surface area (TPSA) is 141 Å². The number of aliphatic imine (C=N–C) groups is 1. The highest BCUT2D eigenvalue weighted by Crippen LogP contribution is 2.40. The Balaban J connectivity index is 1.32. The van der Waals surface area contributed by atoms with E-state index in [0.717, 1.165) is 54.9 Å². The van der Waals surface area contributed by atoms with Crippen LogP contribution in [0.4, 0.5) is 0 Å². The Labute approximate surface area is 241 Å². The highest BCUT2D eigenvalue weighted by atomic mass is 16.5. The molecule has 1 fully saturated rings. The molecule has 3 aliphatic rings. The molecule has 0 bridgehead atoms. The van der Waals surface area contributed by atoms with Crippen LogP contribution in [0, 0.1) is 11.3 Å². The summed E-state index contributed by atoms with van der Waals surface area (Å²) in [5.41, 5.74) is 4.88. The number of fused-ring (bicyclic) bond motifs is 2. The number of H-pyrrole nitrogens is 1. The van der Waals surface area contributed by atoms with E-state index in [4.69, 9.17) is 19.5 Å². The highest BCUT2D eigenvalue weighted by molar-refractivity contribution is 6.36. The molecule has 1 saturated heterocycles. The summed E-state index contributed by atoms with van der Waals surface area (Å²) >= 11 is 0. The molecular weight excluding hydrogens is 532 g/mol. The van der Waals surface area contributed by atoms with Crippen LogP contribution in [-0.4, -0.2) is 82.0 Å². The number of nitrogens with one attached hydrogen (secondary N) is 3. The second-order valence-corrected chi connectivity index (χ2v) is 10.2. The van der Waals surface area contributed by atoms with E-state index in [9.17, 15) is 10.2 Å². The summed E-state index contributed by atoms with van der Waals surface area (Å²) in [7, 11) is 0. The number of allylic oxidation sites excluding steroid dienone is 3. The molecule has 4 aromatic rings. The molecular formula is C31H28N8O3. The van der Waals surface area contributed by atoms with E-state index < -0.39 is 5.92 Å². The summed E-state index contributed by atoms with van der Waals surface area (Å²) in [4.78, 5) is 29.8. The Morgan fingerprint density at radius 2 is 1.90 bits per heavy atom. The number of rotatable bonds is 7. The standard InChI is InChI=1S/C31H28N8O3/c32-28-21(20-3-1-5-25-23(20)18-34-38-25)17-22(29-27(28)31(40)37-30(36-29)19-7-9-33-10-8-19)24-4-2-6-26(35-24)42-16-13-39-11-14-41-15-12-39/h1-10,17-18,27,32H,11-16H2,(H,34,38)(H,36,37,40). The van der Waals surface area contributed by atoms with E-state index >= 15 is 0 Å². The smallest absolute Gasteiger partial charge is 0.240 e. The van der Waals surface area contributed by atoms with Crippen molar-refractivity contribution in [3.05, 3.63) is 95.7 Å². The third-order valence-electron chi connectivity index (χ3n) is 7.64. The van der Waals surface area contributed by atoms with Crippen LogP contribution in [0.5, 0.6) is 5.88 Å². The normalized spacial score (nSPS) is 19.3. The summed E-state index contributed by atoms with van der Waals surface area (Å²) in [5.74, 6) is -0.347. The van der Waals surface area contributed by atoms with E-state index in [0.29, 0.717) is 40.9 Å². The Morgan fingerprint density at radius 3 is 2.76 bits per heavy atom. The van der Waals surface area contributed by atoms with Crippen LogP contribution in [0.3, 0.4) is 0 Å². The van der Waals surface area contributed by atoms with Gasteiger partial charge in [0.15, 0.2) is 0 Å². The highest BCUT2D eigenvalue weighted by Gasteiger charge is 2.39. The lowest BCUT2D eigenvalue weighted by molar-refractivity contribution is -0.121. The Kier molecular flexibility index (Phi) is 6.86. The van der Waals surface area contributed by atoms with Gasteiger partial charge < -0.3 is 20.2 Å². The zero-order valence-electron chi connectivity index (χ0n) is 22.7. The van der Waals surface area contributed by atoms with Gasteiger partial charge in [-0.2, -0.15) is 5.10 Å².